The molecule has 2 rings (SSSR count). The molecule has 6 nitrogen and oxygen atoms in total. The Balaban J connectivity index is 1.84. The Morgan fingerprint density at radius 1 is 1.11 bits per heavy atom. The highest BCUT2D eigenvalue weighted by molar-refractivity contribution is 5.92. The van der Waals surface area contributed by atoms with E-state index < -0.39 is 0 Å². The van der Waals surface area contributed by atoms with E-state index >= 15 is 0 Å². The quantitative estimate of drug-likeness (QED) is 0.542. The van der Waals surface area contributed by atoms with E-state index in [0.717, 1.165) is 6.42 Å². The number of nitrogens with zero attached hydrogens (tertiary/aromatic N) is 2. The van der Waals surface area contributed by atoms with Crippen molar-refractivity contribution in [3.05, 3.63) is 53.7 Å². The summed E-state index contributed by atoms with van der Waals surface area (Å²) in [6.45, 7) is 0.557. The van der Waals surface area contributed by atoms with Crippen molar-refractivity contribution in [2.45, 2.75) is 6.42 Å². The Bertz CT molecular complexity index is 526. The van der Waals surface area contributed by atoms with E-state index in [2.05, 4.69) is 20.9 Å². The number of nitrogen functional groups attached to an aromatic ring is 1. The molecule has 1 heterocycles. The molecule has 6 heteroatoms. The molecular weight excluding hydrogens is 242 g/mol. The lowest BCUT2D eigenvalue weighted by molar-refractivity contribution is 0.0948. The van der Waals surface area contributed by atoms with Crippen molar-refractivity contribution in [3.63, 3.8) is 0 Å². The fourth-order valence-electron chi connectivity index (χ4n) is 1.59. The number of nitrogens with two attached hydrogens (primary N) is 1. The Morgan fingerprint density at radius 3 is 2.53 bits per heavy atom. The molecule has 2 aromatic rings. The van der Waals surface area contributed by atoms with Crippen LogP contribution in [0.5, 0.6) is 0 Å². The maximum Gasteiger partial charge on any atom is 0.271 e. The van der Waals surface area contributed by atoms with Gasteiger partial charge in [-0.25, -0.2) is 5.84 Å². The second-order valence-electron chi connectivity index (χ2n) is 3.94. The first-order chi connectivity index (χ1) is 9.29. The van der Waals surface area contributed by atoms with Gasteiger partial charge in [0.25, 0.3) is 5.91 Å². The summed E-state index contributed by atoms with van der Waals surface area (Å²) in [6.07, 6.45) is 0.780. The number of carbonyl (C=O) groups excluding carboxylic acids is 1. The third-order valence-electron chi connectivity index (χ3n) is 2.59. The molecule has 0 saturated carbocycles. The number of anilines is 1. The topological polar surface area (TPSA) is 92.9 Å². The van der Waals surface area contributed by atoms with Crippen molar-refractivity contribution in [2.24, 2.45) is 5.84 Å². The van der Waals surface area contributed by atoms with Crippen molar-refractivity contribution in [2.75, 3.05) is 12.0 Å². The molecule has 1 amide bonds. The molecule has 0 atom stereocenters. The Hall–Kier alpha value is -2.47. The van der Waals surface area contributed by atoms with Crippen LogP contribution >= 0.6 is 0 Å². The van der Waals surface area contributed by atoms with Gasteiger partial charge < -0.3 is 10.7 Å². The van der Waals surface area contributed by atoms with Crippen LogP contribution in [0.2, 0.25) is 0 Å². The van der Waals surface area contributed by atoms with Gasteiger partial charge in [-0.3, -0.25) is 4.79 Å². The van der Waals surface area contributed by atoms with Gasteiger partial charge >= 0.3 is 0 Å². The minimum absolute atomic E-state index is 0.244. The van der Waals surface area contributed by atoms with E-state index in [9.17, 15) is 4.79 Å². The van der Waals surface area contributed by atoms with Gasteiger partial charge in [-0.05, 0) is 24.1 Å². The standard InChI is InChI=1S/C13H15N5O/c14-16-12-7-6-11(17-18-12)13(19)15-9-8-10-4-2-1-3-5-10/h1-7H,8-9,14H2,(H,15,19)(H,16,18). The van der Waals surface area contributed by atoms with Crippen molar-refractivity contribution in [1.82, 2.24) is 15.5 Å². The lowest BCUT2D eigenvalue weighted by Gasteiger charge is -2.05. The molecule has 1 aromatic carbocycles. The number of aromatic nitrogens is 2. The van der Waals surface area contributed by atoms with Crippen molar-refractivity contribution in [1.29, 1.82) is 0 Å². The van der Waals surface area contributed by atoms with Gasteiger partial charge in [0, 0.05) is 6.54 Å². The SMILES string of the molecule is NNc1ccc(C(=O)NCCc2ccccc2)nn1. The molecule has 1 aromatic heterocycles. The zero-order chi connectivity index (χ0) is 13.5. The summed E-state index contributed by atoms with van der Waals surface area (Å²) in [7, 11) is 0. The number of hydrazine groups is 1. The van der Waals surface area contributed by atoms with Gasteiger partial charge in [-0.1, -0.05) is 30.3 Å². The normalized spacial score (nSPS) is 9.95. The van der Waals surface area contributed by atoms with E-state index in [4.69, 9.17) is 5.84 Å². The molecule has 0 aliphatic heterocycles. The molecule has 0 unspecified atom stereocenters. The van der Waals surface area contributed by atoms with Crippen molar-refractivity contribution >= 4 is 11.7 Å². The molecule has 0 aliphatic rings. The predicted octanol–water partition coefficient (Wildman–Crippen LogP) is 0.735. The van der Waals surface area contributed by atoms with Crippen molar-refractivity contribution in [3.8, 4) is 0 Å². The average molecular weight is 257 g/mol. The molecule has 4 N–H and O–H groups in total. The third kappa shape index (κ3) is 3.75. The molecule has 0 aliphatic carbocycles. The minimum Gasteiger partial charge on any atom is -0.350 e. The first-order valence-electron chi connectivity index (χ1n) is 5.92. The molecule has 0 spiro atoms. The summed E-state index contributed by atoms with van der Waals surface area (Å²) in [5.41, 5.74) is 3.80. The number of benzene rings is 1. The average Bonchev–Trinajstić information content (AvgIpc) is 2.48. The van der Waals surface area contributed by atoms with E-state index in [1.165, 1.54) is 5.56 Å². The number of nitrogens with one attached hydrogen (secondary N) is 2. The highest BCUT2D eigenvalue weighted by Crippen LogP contribution is 2.01. The second kappa shape index (κ2) is 6.46. The molecule has 19 heavy (non-hydrogen) atoms. The minimum atomic E-state index is -0.244. The zero-order valence-corrected chi connectivity index (χ0v) is 10.3. The molecule has 0 fully saturated rings. The van der Waals surface area contributed by atoms with Gasteiger partial charge in [-0.15, -0.1) is 10.2 Å². The van der Waals surface area contributed by atoms with Crippen LogP contribution in [0.15, 0.2) is 42.5 Å². The summed E-state index contributed by atoms with van der Waals surface area (Å²) < 4.78 is 0. The van der Waals surface area contributed by atoms with Crippen LogP contribution in [0.25, 0.3) is 0 Å². The van der Waals surface area contributed by atoms with Crippen molar-refractivity contribution < 1.29 is 4.79 Å². The first-order valence-corrected chi connectivity index (χ1v) is 5.92. The van der Waals surface area contributed by atoms with E-state index in [0.29, 0.717) is 12.4 Å². The number of rotatable bonds is 5. The van der Waals surface area contributed by atoms with Crippen LogP contribution in [-0.2, 0) is 6.42 Å². The Kier molecular flexibility index (Phi) is 4.41. The number of carbonyl (C=O) groups is 1. The number of hydrogen-bond acceptors (Lipinski definition) is 5. The van der Waals surface area contributed by atoms with Crippen LogP contribution in [0.1, 0.15) is 16.1 Å². The molecule has 0 saturated heterocycles. The fourth-order valence-corrected chi connectivity index (χ4v) is 1.59. The van der Waals surface area contributed by atoms with Gasteiger partial charge in [0.15, 0.2) is 11.5 Å². The van der Waals surface area contributed by atoms with Gasteiger partial charge in [0.2, 0.25) is 0 Å². The lowest BCUT2D eigenvalue weighted by Crippen LogP contribution is -2.27. The predicted molar refractivity (Wildman–Crippen MR) is 72.3 cm³/mol. The van der Waals surface area contributed by atoms with Gasteiger partial charge in [0.1, 0.15) is 0 Å². The number of amides is 1. The maximum absolute atomic E-state index is 11.8. The fraction of sp³-hybridized carbons (Fsp3) is 0.154. The number of hydrogen-bond donors (Lipinski definition) is 3. The van der Waals surface area contributed by atoms with Crippen LogP contribution < -0.4 is 16.6 Å². The molecule has 98 valence electrons. The monoisotopic (exact) mass is 257 g/mol. The second-order valence-corrected chi connectivity index (χ2v) is 3.94. The summed E-state index contributed by atoms with van der Waals surface area (Å²) in [5.74, 6) is 5.34. The Labute approximate surface area is 111 Å². The summed E-state index contributed by atoms with van der Waals surface area (Å²) in [4.78, 5) is 11.8. The van der Waals surface area contributed by atoms with E-state index in [1.54, 1.807) is 12.1 Å². The van der Waals surface area contributed by atoms with E-state index in [-0.39, 0.29) is 11.6 Å². The van der Waals surface area contributed by atoms with Gasteiger partial charge in [0.05, 0.1) is 0 Å². The highest BCUT2D eigenvalue weighted by Gasteiger charge is 2.07. The van der Waals surface area contributed by atoms with Crippen LogP contribution in [0.4, 0.5) is 5.82 Å². The largest absolute Gasteiger partial charge is 0.350 e. The van der Waals surface area contributed by atoms with Crippen LogP contribution in [0, 0.1) is 0 Å². The smallest absolute Gasteiger partial charge is 0.271 e. The highest BCUT2D eigenvalue weighted by atomic mass is 16.1. The zero-order valence-electron chi connectivity index (χ0n) is 10.3. The van der Waals surface area contributed by atoms with Crippen LogP contribution in [-0.4, -0.2) is 22.6 Å². The molecular formula is C13H15N5O. The summed E-state index contributed by atoms with van der Waals surface area (Å²) in [6, 6.07) is 13.1. The lowest BCUT2D eigenvalue weighted by atomic mass is 10.1. The van der Waals surface area contributed by atoms with E-state index in [1.807, 2.05) is 30.3 Å². The molecule has 0 bridgehead atoms. The van der Waals surface area contributed by atoms with Gasteiger partial charge in [-0.2, -0.15) is 0 Å². The molecule has 0 radical (unpaired) electrons. The van der Waals surface area contributed by atoms with Crippen LogP contribution in [0.3, 0.4) is 0 Å². The third-order valence-corrected chi connectivity index (χ3v) is 2.59. The summed E-state index contributed by atoms with van der Waals surface area (Å²) in [5, 5.41) is 10.3. The first kappa shape index (κ1) is 13.0. The summed E-state index contributed by atoms with van der Waals surface area (Å²) >= 11 is 0. The Morgan fingerprint density at radius 2 is 1.89 bits per heavy atom. The maximum atomic E-state index is 11.8.